The molecule has 0 atom stereocenters. The summed E-state index contributed by atoms with van der Waals surface area (Å²) in [6.07, 6.45) is 1.70. The Hall–Kier alpha value is -3.28. The number of rotatable bonds is 4. The third-order valence-corrected chi connectivity index (χ3v) is 5.82. The molecular weight excluding hydrogens is 378 g/mol. The quantitative estimate of drug-likeness (QED) is 0.722. The molecule has 6 heteroatoms. The van der Waals surface area contributed by atoms with Gasteiger partial charge in [-0.3, -0.25) is 9.59 Å². The van der Waals surface area contributed by atoms with E-state index in [-0.39, 0.29) is 17.2 Å². The number of hydrogen-bond acceptors (Lipinski definition) is 4. The number of carbonyl (C=O) groups excluding carboxylic acids is 1. The van der Waals surface area contributed by atoms with E-state index in [1.54, 1.807) is 7.05 Å². The van der Waals surface area contributed by atoms with E-state index < -0.39 is 5.91 Å². The molecule has 1 amide bonds. The zero-order valence-corrected chi connectivity index (χ0v) is 17.6. The van der Waals surface area contributed by atoms with E-state index in [0.717, 1.165) is 40.6 Å². The molecule has 6 nitrogen and oxygen atoms in total. The number of pyridine rings is 1. The molecule has 0 radical (unpaired) electrons. The average molecular weight is 405 g/mol. The minimum Gasteiger partial charge on any atom is -0.490 e. The second kappa shape index (κ2) is 7.86. The Bertz CT molecular complexity index is 1170. The summed E-state index contributed by atoms with van der Waals surface area (Å²) < 4.78 is 7.67. The van der Waals surface area contributed by atoms with Crippen LogP contribution in [0.3, 0.4) is 0 Å². The summed E-state index contributed by atoms with van der Waals surface area (Å²) in [4.78, 5) is 27.3. The Labute approximate surface area is 175 Å². The third-order valence-electron chi connectivity index (χ3n) is 5.82. The number of anilines is 1. The molecule has 1 fully saturated rings. The predicted octanol–water partition coefficient (Wildman–Crippen LogP) is 3.30. The molecule has 0 unspecified atom stereocenters. The first-order chi connectivity index (χ1) is 14.3. The monoisotopic (exact) mass is 405 g/mol. The highest BCUT2D eigenvalue weighted by molar-refractivity contribution is 6.07. The van der Waals surface area contributed by atoms with E-state index in [1.807, 2.05) is 56.3 Å². The minimum absolute atomic E-state index is 0.0636. The smallest absolute Gasteiger partial charge is 0.265 e. The summed E-state index contributed by atoms with van der Waals surface area (Å²) in [5, 5.41) is 0.879. The predicted molar refractivity (Wildman–Crippen MR) is 119 cm³/mol. The number of aryl methyl sites for hydroxylation is 3. The van der Waals surface area contributed by atoms with Gasteiger partial charge in [-0.1, -0.05) is 23.8 Å². The van der Waals surface area contributed by atoms with Crippen LogP contribution >= 0.6 is 0 Å². The summed E-state index contributed by atoms with van der Waals surface area (Å²) in [5.74, 6) is 0.188. The molecule has 0 bridgehead atoms. The van der Waals surface area contributed by atoms with Gasteiger partial charge in [0, 0.05) is 38.4 Å². The van der Waals surface area contributed by atoms with Crippen molar-refractivity contribution in [2.24, 2.45) is 12.8 Å². The summed E-state index contributed by atoms with van der Waals surface area (Å²) in [6.45, 7) is 5.42. The molecule has 156 valence electrons. The van der Waals surface area contributed by atoms with Crippen molar-refractivity contribution < 1.29 is 9.53 Å². The number of benzene rings is 2. The Morgan fingerprint density at radius 2 is 1.77 bits per heavy atom. The van der Waals surface area contributed by atoms with E-state index in [4.69, 9.17) is 10.5 Å². The maximum atomic E-state index is 12.9. The zero-order chi connectivity index (χ0) is 21.4. The number of aromatic nitrogens is 1. The first-order valence-electron chi connectivity index (χ1n) is 10.3. The number of carbonyl (C=O) groups is 1. The number of fused-ring (bicyclic) bond motifs is 1. The van der Waals surface area contributed by atoms with Gasteiger partial charge in [0.25, 0.3) is 11.5 Å². The van der Waals surface area contributed by atoms with Gasteiger partial charge in [-0.25, -0.2) is 0 Å². The normalized spacial score (nSPS) is 14.8. The number of nitrogens with zero attached hydrogens (tertiary/aromatic N) is 2. The SMILES string of the molecule is Cc1cccc(OC2CCN(c3c(C(N)=O)c(=O)n(C)c4ccc(C)cc34)CC2)c1. The highest BCUT2D eigenvalue weighted by Crippen LogP contribution is 2.32. The van der Waals surface area contributed by atoms with Gasteiger partial charge in [0.1, 0.15) is 17.4 Å². The molecular formula is C24H27N3O3. The Kier molecular flexibility index (Phi) is 5.24. The fourth-order valence-electron chi connectivity index (χ4n) is 4.27. The van der Waals surface area contributed by atoms with Crippen LogP contribution in [0.15, 0.2) is 47.3 Å². The van der Waals surface area contributed by atoms with Gasteiger partial charge >= 0.3 is 0 Å². The molecule has 2 aromatic carbocycles. The van der Waals surface area contributed by atoms with Gasteiger partial charge in [-0.15, -0.1) is 0 Å². The van der Waals surface area contributed by atoms with Crippen molar-refractivity contribution in [1.29, 1.82) is 0 Å². The van der Waals surface area contributed by atoms with Crippen LogP contribution in [0.1, 0.15) is 34.3 Å². The van der Waals surface area contributed by atoms with Crippen LogP contribution in [0.2, 0.25) is 0 Å². The molecule has 1 aliphatic rings. The van der Waals surface area contributed by atoms with Crippen LogP contribution in [0, 0.1) is 13.8 Å². The van der Waals surface area contributed by atoms with Crippen molar-refractivity contribution in [2.75, 3.05) is 18.0 Å². The summed E-state index contributed by atoms with van der Waals surface area (Å²) in [7, 11) is 1.68. The van der Waals surface area contributed by atoms with E-state index in [9.17, 15) is 9.59 Å². The maximum Gasteiger partial charge on any atom is 0.265 e. The Morgan fingerprint density at radius 1 is 1.07 bits per heavy atom. The van der Waals surface area contributed by atoms with Crippen LogP contribution in [-0.2, 0) is 7.05 Å². The summed E-state index contributed by atoms with van der Waals surface area (Å²) >= 11 is 0. The van der Waals surface area contributed by atoms with Crippen molar-refractivity contribution in [1.82, 2.24) is 4.57 Å². The lowest BCUT2D eigenvalue weighted by atomic mass is 10.0. The molecule has 1 saturated heterocycles. The highest BCUT2D eigenvalue weighted by atomic mass is 16.5. The maximum absolute atomic E-state index is 12.9. The number of piperidine rings is 1. The van der Waals surface area contributed by atoms with Crippen LogP contribution in [0.5, 0.6) is 5.75 Å². The van der Waals surface area contributed by atoms with Crippen LogP contribution in [0.25, 0.3) is 10.9 Å². The van der Waals surface area contributed by atoms with Crippen LogP contribution in [0.4, 0.5) is 5.69 Å². The molecule has 1 aliphatic heterocycles. The van der Waals surface area contributed by atoms with Gasteiger partial charge in [-0.05, 0) is 43.7 Å². The lowest BCUT2D eigenvalue weighted by Crippen LogP contribution is -2.41. The number of amides is 1. The molecule has 0 aliphatic carbocycles. The molecule has 2 N–H and O–H groups in total. The lowest BCUT2D eigenvalue weighted by molar-refractivity contribution is 0.0999. The average Bonchev–Trinajstić information content (AvgIpc) is 2.71. The molecule has 0 spiro atoms. The molecule has 3 aromatic rings. The first kappa shape index (κ1) is 20.0. The molecule has 4 rings (SSSR count). The lowest BCUT2D eigenvalue weighted by Gasteiger charge is -2.35. The molecule has 2 heterocycles. The van der Waals surface area contributed by atoms with Crippen molar-refractivity contribution in [3.8, 4) is 5.75 Å². The topological polar surface area (TPSA) is 77.6 Å². The Balaban J connectivity index is 1.67. The van der Waals surface area contributed by atoms with Gasteiger partial charge in [-0.2, -0.15) is 0 Å². The fraction of sp³-hybridized carbons (Fsp3) is 0.333. The second-order valence-corrected chi connectivity index (χ2v) is 8.09. The number of hydrogen-bond donors (Lipinski definition) is 1. The standard InChI is InChI=1S/C24H27N3O3/c1-15-5-4-6-18(13-15)30-17-9-11-27(12-10-17)22-19-14-16(2)7-8-20(19)26(3)24(29)21(22)23(25)28/h4-8,13-14,17H,9-12H2,1-3H3,(H2,25,28). The van der Waals surface area contributed by atoms with E-state index in [1.165, 1.54) is 4.57 Å². The number of ether oxygens (including phenoxy) is 1. The van der Waals surface area contributed by atoms with Crippen molar-refractivity contribution in [3.63, 3.8) is 0 Å². The third kappa shape index (κ3) is 3.65. The van der Waals surface area contributed by atoms with Crippen LogP contribution < -0.4 is 20.9 Å². The minimum atomic E-state index is -0.688. The summed E-state index contributed by atoms with van der Waals surface area (Å²) in [5.41, 5.74) is 9.05. The fourth-order valence-corrected chi connectivity index (χ4v) is 4.27. The number of nitrogens with two attached hydrogens (primary N) is 1. The highest BCUT2D eigenvalue weighted by Gasteiger charge is 2.28. The van der Waals surface area contributed by atoms with E-state index in [0.29, 0.717) is 18.8 Å². The van der Waals surface area contributed by atoms with Gasteiger partial charge < -0.3 is 19.9 Å². The van der Waals surface area contributed by atoms with E-state index in [2.05, 4.69) is 4.90 Å². The molecule has 0 saturated carbocycles. The molecule has 1 aromatic heterocycles. The van der Waals surface area contributed by atoms with Gasteiger partial charge in [0.05, 0.1) is 11.2 Å². The second-order valence-electron chi connectivity index (χ2n) is 8.09. The van der Waals surface area contributed by atoms with Gasteiger partial charge in [0.2, 0.25) is 0 Å². The number of primary amides is 1. The summed E-state index contributed by atoms with van der Waals surface area (Å²) in [6, 6.07) is 14.0. The van der Waals surface area contributed by atoms with Crippen molar-refractivity contribution >= 4 is 22.5 Å². The Morgan fingerprint density at radius 3 is 2.43 bits per heavy atom. The first-order valence-corrected chi connectivity index (χ1v) is 10.3. The zero-order valence-electron chi connectivity index (χ0n) is 17.6. The van der Waals surface area contributed by atoms with Crippen molar-refractivity contribution in [3.05, 3.63) is 69.5 Å². The van der Waals surface area contributed by atoms with Crippen molar-refractivity contribution in [2.45, 2.75) is 32.8 Å². The largest absolute Gasteiger partial charge is 0.490 e. The molecule has 30 heavy (non-hydrogen) atoms. The van der Waals surface area contributed by atoms with E-state index >= 15 is 0 Å². The van der Waals surface area contributed by atoms with Crippen LogP contribution in [-0.4, -0.2) is 29.7 Å². The van der Waals surface area contributed by atoms with Gasteiger partial charge in [0.15, 0.2) is 0 Å².